The van der Waals surface area contributed by atoms with Gasteiger partial charge in [0.15, 0.2) is 0 Å². The number of benzene rings is 2. The van der Waals surface area contributed by atoms with Gasteiger partial charge in [0.05, 0.1) is 16.6 Å². The molecule has 0 aliphatic carbocycles. The summed E-state index contributed by atoms with van der Waals surface area (Å²) < 4.78 is 16.5. The van der Waals surface area contributed by atoms with Gasteiger partial charge in [-0.3, -0.25) is 19.1 Å². The predicted molar refractivity (Wildman–Crippen MR) is 167 cm³/mol. The maximum Gasteiger partial charge on any atom is 0.270 e. The van der Waals surface area contributed by atoms with Crippen LogP contribution in [0.1, 0.15) is 42.1 Å². The number of thiocarbonyl (C=S) groups is 1. The Labute approximate surface area is 248 Å². The van der Waals surface area contributed by atoms with Gasteiger partial charge in [-0.25, -0.2) is 4.39 Å². The monoisotopic (exact) mass is 587 g/mol. The number of piperazine rings is 1. The second-order valence-corrected chi connectivity index (χ2v) is 11.6. The number of aromatic nitrogens is 1. The summed E-state index contributed by atoms with van der Waals surface area (Å²) in [7, 11) is 0. The largest absolute Gasteiger partial charge is 0.366 e. The first-order chi connectivity index (χ1) is 19.8. The van der Waals surface area contributed by atoms with E-state index in [2.05, 4.69) is 11.0 Å². The second kappa shape index (κ2) is 11.9. The summed E-state index contributed by atoms with van der Waals surface area (Å²) in [6.07, 6.45) is 1.78. The van der Waals surface area contributed by atoms with Gasteiger partial charge in [-0.05, 0) is 50.1 Å². The average Bonchev–Trinajstić information content (AvgIpc) is 3.27. The van der Waals surface area contributed by atoms with Gasteiger partial charge in [-0.15, -0.1) is 0 Å². The highest BCUT2D eigenvalue weighted by molar-refractivity contribution is 8.26. The molecule has 0 saturated carbocycles. The standard InChI is InChI=1S/C31H30FN5O2S2/c1-4-36-28(35-16-14-34(15-17-35)26-13-9-8-12-25(26)32)23(20(2)24(19-33)29(36)38)18-27-30(39)37(31(40)41-27)21(3)22-10-6-5-7-11-22/h5-13,18,21H,4,14-17H2,1-3H3/b27-18+. The topological polar surface area (TPSA) is 72.6 Å². The van der Waals surface area contributed by atoms with Crippen LogP contribution in [-0.4, -0.2) is 45.9 Å². The zero-order valence-corrected chi connectivity index (χ0v) is 24.8. The molecule has 1 atom stereocenters. The van der Waals surface area contributed by atoms with Gasteiger partial charge in [0.2, 0.25) is 0 Å². The molecular formula is C31H30FN5O2S2. The van der Waals surface area contributed by atoms with Crippen LogP contribution in [0.4, 0.5) is 15.9 Å². The maximum absolute atomic E-state index is 14.5. The molecule has 210 valence electrons. The highest BCUT2D eigenvalue weighted by atomic mass is 32.2. The minimum Gasteiger partial charge on any atom is -0.366 e. The number of thioether (sulfide) groups is 1. The molecule has 1 unspecified atom stereocenters. The fourth-order valence-electron chi connectivity index (χ4n) is 5.47. The molecular weight excluding hydrogens is 558 g/mol. The van der Waals surface area contributed by atoms with E-state index in [9.17, 15) is 19.2 Å². The number of nitriles is 1. The summed E-state index contributed by atoms with van der Waals surface area (Å²) in [4.78, 5) is 33.2. The molecule has 2 saturated heterocycles. The van der Waals surface area contributed by atoms with Crippen molar-refractivity contribution in [2.24, 2.45) is 0 Å². The van der Waals surface area contributed by atoms with Crippen molar-refractivity contribution in [1.29, 1.82) is 5.26 Å². The number of halogens is 1. The van der Waals surface area contributed by atoms with Crippen LogP contribution in [-0.2, 0) is 11.3 Å². The lowest BCUT2D eigenvalue weighted by atomic mass is 10.0. The van der Waals surface area contributed by atoms with E-state index in [-0.39, 0.29) is 28.9 Å². The molecule has 2 aliphatic rings. The van der Waals surface area contributed by atoms with E-state index in [0.717, 1.165) is 5.56 Å². The maximum atomic E-state index is 14.5. The lowest BCUT2D eigenvalue weighted by Gasteiger charge is -2.39. The smallest absolute Gasteiger partial charge is 0.270 e. The van der Waals surface area contributed by atoms with Crippen molar-refractivity contribution in [3.05, 3.63) is 97.9 Å². The summed E-state index contributed by atoms with van der Waals surface area (Å²) in [6, 6.07) is 18.2. The fraction of sp³-hybridized carbons (Fsp3) is 0.290. The summed E-state index contributed by atoms with van der Waals surface area (Å²) in [6.45, 7) is 8.07. The first kappa shape index (κ1) is 28.6. The molecule has 41 heavy (non-hydrogen) atoms. The van der Waals surface area contributed by atoms with Crippen LogP contribution in [0.25, 0.3) is 6.08 Å². The molecule has 2 fully saturated rings. The molecule has 7 nitrogen and oxygen atoms in total. The Kier molecular flexibility index (Phi) is 8.29. The van der Waals surface area contributed by atoms with Crippen molar-refractivity contribution >= 4 is 51.8 Å². The van der Waals surface area contributed by atoms with E-state index in [1.54, 1.807) is 34.6 Å². The van der Waals surface area contributed by atoms with Crippen molar-refractivity contribution < 1.29 is 9.18 Å². The molecule has 2 aromatic carbocycles. The first-order valence-corrected chi connectivity index (χ1v) is 14.7. The zero-order valence-electron chi connectivity index (χ0n) is 23.1. The van der Waals surface area contributed by atoms with Crippen LogP contribution < -0.4 is 15.4 Å². The van der Waals surface area contributed by atoms with Gasteiger partial charge >= 0.3 is 0 Å². The third kappa shape index (κ3) is 5.27. The number of nitrogens with zero attached hydrogens (tertiary/aromatic N) is 5. The Morgan fingerprint density at radius 3 is 2.32 bits per heavy atom. The molecule has 5 rings (SSSR count). The summed E-state index contributed by atoms with van der Waals surface area (Å²) >= 11 is 6.86. The van der Waals surface area contributed by atoms with E-state index in [1.165, 1.54) is 17.8 Å². The Morgan fingerprint density at radius 1 is 1.05 bits per heavy atom. The lowest BCUT2D eigenvalue weighted by molar-refractivity contribution is -0.123. The van der Waals surface area contributed by atoms with Crippen LogP contribution >= 0.6 is 24.0 Å². The van der Waals surface area contributed by atoms with Crippen molar-refractivity contribution in [2.45, 2.75) is 33.4 Å². The number of pyridine rings is 1. The zero-order chi connectivity index (χ0) is 29.3. The normalized spacial score (nSPS) is 17.3. The summed E-state index contributed by atoms with van der Waals surface area (Å²) in [5.41, 5.74) is 2.39. The minimum absolute atomic E-state index is 0.0555. The Balaban J connectivity index is 1.54. The number of hydrogen-bond donors (Lipinski definition) is 0. The van der Waals surface area contributed by atoms with Crippen molar-refractivity contribution in [3.63, 3.8) is 0 Å². The number of rotatable bonds is 6. The predicted octanol–water partition coefficient (Wildman–Crippen LogP) is 5.48. The van der Waals surface area contributed by atoms with Gasteiger partial charge in [0.1, 0.15) is 27.6 Å². The number of anilines is 2. The number of carbonyl (C=O) groups is 1. The molecule has 3 heterocycles. The van der Waals surface area contributed by atoms with Gasteiger partial charge < -0.3 is 9.80 Å². The number of amides is 1. The van der Waals surface area contributed by atoms with E-state index in [0.29, 0.717) is 64.6 Å². The molecule has 0 N–H and O–H groups in total. The quantitative estimate of drug-likeness (QED) is 0.280. The molecule has 10 heteroatoms. The Morgan fingerprint density at radius 2 is 1.68 bits per heavy atom. The summed E-state index contributed by atoms with van der Waals surface area (Å²) in [5, 5.41) is 9.89. The van der Waals surface area contributed by atoms with Crippen LogP contribution in [0.5, 0.6) is 0 Å². The van der Waals surface area contributed by atoms with Crippen molar-refractivity contribution in [1.82, 2.24) is 9.47 Å². The van der Waals surface area contributed by atoms with Gasteiger partial charge in [-0.1, -0.05) is 66.4 Å². The second-order valence-electron chi connectivity index (χ2n) is 9.96. The Hall–Kier alpha value is -3.94. The third-order valence-corrected chi connectivity index (χ3v) is 9.03. The highest BCUT2D eigenvalue weighted by Crippen LogP contribution is 2.40. The number of carbonyl (C=O) groups excluding carboxylic acids is 1. The van der Waals surface area contributed by atoms with Crippen molar-refractivity contribution in [3.8, 4) is 6.07 Å². The SMILES string of the molecule is CCn1c(N2CCN(c3ccccc3F)CC2)c(/C=C2/SC(=S)N(C(C)c3ccccc3)C2=O)c(C)c(C#N)c1=O. The van der Waals surface area contributed by atoms with Crippen molar-refractivity contribution in [2.75, 3.05) is 36.0 Å². The van der Waals surface area contributed by atoms with E-state index < -0.39 is 0 Å². The van der Waals surface area contributed by atoms with Gasteiger partial charge in [0.25, 0.3) is 11.5 Å². The highest BCUT2D eigenvalue weighted by Gasteiger charge is 2.37. The average molecular weight is 588 g/mol. The lowest BCUT2D eigenvalue weighted by Crippen LogP contribution is -2.49. The minimum atomic E-state index is -0.360. The van der Waals surface area contributed by atoms with Gasteiger partial charge in [-0.2, -0.15) is 5.26 Å². The molecule has 0 radical (unpaired) electrons. The number of para-hydroxylation sites is 1. The summed E-state index contributed by atoms with van der Waals surface area (Å²) in [5.74, 6) is 0.176. The van der Waals surface area contributed by atoms with E-state index in [1.807, 2.05) is 55.1 Å². The van der Waals surface area contributed by atoms with Crippen LogP contribution in [0.2, 0.25) is 0 Å². The van der Waals surface area contributed by atoms with E-state index in [4.69, 9.17) is 12.2 Å². The van der Waals surface area contributed by atoms with Crippen LogP contribution in [0.3, 0.4) is 0 Å². The fourth-order valence-corrected chi connectivity index (χ4v) is 6.87. The number of hydrogen-bond acceptors (Lipinski definition) is 7. The molecule has 0 bridgehead atoms. The molecule has 3 aromatic rings. The molecule has 1 aromatic heterocycles. The first-order valence-electron chi connectivity index (χ1n) is 13.5. The Bertz CT molecular complexity index is 1640. The third-order valence-electron chi connectivity index (χ3n) is 7.70. The van der Waals surface area contributed by atoms with Gasteiger partial charge in [0, 0.05) is 38.3 Å². The van der Waals surface area contributed by atoms with E-state index >= 15 is 0 Å². The van der Waals surface area contributed by atoms with Crippen LogP contribution in [0, 0.1) is 24.1 Å². The molecule has 2 aliphatic heterocycles. The molecule has 1 amide bonds. The molecule has 0 spiro atoms. The van der Waals surface area contributed by atoms with Crippen LogP contribution in [0.15, 0.2) is 64.3 Å².